The fraction of sp³-hybridized carbons (Fsp3) is 0.368. The van der Waals surface area contributed by atoms with Gasteiger partial charge in [0.15, 0.2) is 0 Å². The first-order valence-corrected chi connectivity index (χ1v) is 8.75. The molecule has 0 amide bonds. The Bertz CT molecular complexity index is 830. The Morgan fingerprint density at radius 3 is 2.10 bits per heavy atom. The Morgan fingerprint density at radius 2 is 1.55 bits per heavy atom. The van der Waals surface area contributed by atoms with E-state index in [1.807, 2.05) is 4.90 Å². The molecule has 1 saturated heterocycles. The zero-order valence-corrected chi connectivity index (χ0v) is 15.0. The summed E-state index contributed by atoms with van der Waals surface area (Å²) in [4.78, 5) is 1.87. The second kappa shape index (κ2) is 8.11. The molecule has 29 heavy (non-hydrogen) atoms. The van der Waals surface area contributed by atoms with Crippen LogP contribution in [0.25, 0.3) is 0 Å². The highest BCUT2D eigenvalue weighted by atomic mass is 19.4. The summed E-state index contributed by atoms with van der Waals surface area (Å²) in [6.45, 7) is 2.15. The third-order valence-electron chi connectivity index (χ3n) is 4.60. The summed E-state index contributed by atoms with van der Waals surface area (Å²) in [5, 5.41) is 13.4. The Labute approximate surface area is 162 Å². The average molecular weight is 420 g/mol. The summed E-state index contributed by atoms with van der Waals surface area (Å²) in [5.41, 5.74) is -0.440. The van der Waals surface area contributed by atoms with Crippen molar-refractivity contribution in [3.63, 3.8) is 0 Å². The van der Waals surface area contributed by atoms with E-state index in [1.165, 1.54) is 12.1 Å². The van der Waals surface area contributed by atoms with Crippen LogP contribution in [0.1, 0.15) is 22.7 Å². The van der Waals surface area contributed by atoms with Crippen LogP contribution in [0.2, 0.25) is 0 Å². The molecule has 0 saturated carbocycles. The maximum atomic E-state index is 13.2. The first-order valence-electron chi connectivity index (χ1n) is 8.75. The lowest BCUT2D eigenvalue weighted by molar-refractivity contribution is -0.274. The van der Waals surface area contributed by atoms with Crippen molar-refractivity contribution in [1.29, 1.82) is 0 Å². The summed E-state index contributed by atoms with van der Waals surface area (Å²) >= 11 is 0. The van der Waals surface area contributed by atoms with Gasteiger partial charge in [-0.1, -0.05) is 12.1 Å². The number of hydrogen-bond donors (Lipinski definition) is 2. The molecule has 1 atom stereocenters. The van der Waals surface area contributed by atoms with Gasteiger partial charge in [0.05, 0.1) is 11.6 Å². The van der Waals surface area contributed by atoms with Gasteiger partial charge >= 0.3 is 12.5 Å². The SMILES string of the molecule is Oc1ccc(C(F)(F)F)cc1[C@H](c1ccc(OC(F)(F)F)cc1)N1CCNCC1. The van der Waals surface area contributed by atoms with Crippen molar-refractivity contribution in [2.24, 2.45) is 0 Å². The van der Waals surface area contributed by atoms with Crippen molar-refractivity contribution in [3.8, 4) is 11.5 Å². The van der Waals surface area contributed by atoms with Gasteiger partial charge in [0.1, 0.15) is 11.5 Å². The smallest absolute Gasteiger partial charge is 0.508 e. The number of nitrogens with zero attached hydrogens (tertiary/aromatic N) is 1. The predicted octanol–water partition coefficient (Wildman–Crippen LogP) is 4.30. The van der Waals surface area contributed by atoms with E-state index in [1.54, 1.807) is 0 Å². The van der Waals surface area contributed by atoms with E-state index in [0.717, 1.165) is 30.3 Å². The molecule has 4 nitrogen and oxygen atoms in total. The van der Waals surface area contributed by atoms with Crippen LogP contribution in [0.4, 0.5) is 26.3 Å². The van der Waals surface area contributed by atoms with Gasteiger partial charge in [-0.25, -0.2) is 0 Å². The summed E-state index contributed by atoms with van der Waals surface area (Å²) in [6, 6.07) is 6.79. The molecule has 0 spiro atoms. The number of alkyl halides is 6. The quantitative estimate of drug-likeness (QED) is 0.724. The minimum Gasteiger partial charge on any atom is -0.508 e. The van der Waals surface area contributed by atoms with E-state index < -0.39 is 29.9 Å². The molecule has 1 aliphatic rings. The first-order chi connectivity index (χ1) is 13.5. The first kappa shape index (κ1) is 21.3. The molecule has 0 aliphatic carbocycles. The maximum absolute atomic E-state index is 13.2. The van der Waals surface area contributed by atoms with E-state index >= 15 is 0 Å². The molecule has 0 bridgehead atoms. The Morgan fingerprint density at radius 1 is 0.931 bits per heavy atom. The number of benzene rings is 2. The van der Waals surface area contributed by atoms with E-state index in [2.05, 4.69) is 10.1 Å². The number of rotatable bonds is 4. The second-order valence-corrected chi connectivity index (χ2v) is 6.58. The molecule has 1 aliphatic heterocycles. The highest BCUT2D eigenvalue weighted by Crippen LogP contribution is 2.39. The Balaban J connectivity index is 2.02. The lowest BCUT2D eigenvalue weighted by Crippen LogP contribution is -2.45. The van der Waals surface area contributed by atoms with Crippen LogP contribution in [-0.2, 0) is 6.18 Å². The van der Waals surface area contributed by atoms with Crippen LogP contribution < -0.4 is 10.1 Å². The number of phenolic OH excluding ortho intramolecular Hbond substituents is 1. The monoisotopic (exact) mass is 420 g/mol. The van der Waals surface area contributed by atoms with Gasteiger partial charge in [-0.05, 0) is 35.9 Å². The standard InChI is InChI=1S/C19H18F6N2O2/c20-18(21,22)13-3-6-16(28)15(11-13)17(27-9-7-26-8-10-27)12-1-4-14(5-2-12)29-19(23,24)25/h1-6,11,17,26,28H,7-10H2/t17-/m0/s1. The van der Waals surface area contributed by atoms with E-state index in [-0.39, 0.29) is 11.3 Å². The molecule has 2 aromatic rings. The number of aromatic hydroxyl groups is 1. The zero-order valence-electron chi connectivity index (χ0n) is 15.0. The zero-order chi connectivity index (χ0) is 21.2. The molecule has 2 aromatic carbocycles. The van der Waals surface area contributed by atoms with Crippen LogP contribution in [-0.4, -0.2) is 42.5 Å². The van der Waals surface area contributed by atoms with Crippen LogP contribution >= 0.6 is 0 Å². The summed E-state index contributed by atoms with van der Waals surface area (Å²) < 4.78 is 80.6. The number of piperazine rings is 1. The number of ether oxygens (including phenoxy) is 1. The average Bonchev–Trinajstić information content (AvgIpc) is 2.63. The molecule has 0 unspecified atom stereocenters. The highest BCUT2D eigenvalue weighted by molar-refractivity contribution is 5.45. The number of halogens is 6. The van der Waals surface area contributed by atoms with Gasteiger partial charge in [0, 0.05) is 31.7 Å². The van der Waals surface area contributed by atoms with Crippen molar-refractivity contribution < 1.29 is 36.2 Å². The molecule has 3 rings (SSSR count). The molecule has 1 heterocycles. The molecule has 1 fully saturated rings. The van der Waals surface area contributed by atoms with E-state index in [0.29, 0.717) is 31.7 Å². The molecule has 10 heteroatoms. The maximum Gasteiger partial charge on any atom is 0.573 e. The minimum absolute atomic E-state index is 0.0335. The van der Waals surface area contributed by atoms with E-state index in [9.17, 15) is 31.4 Å². The molecular weight excluding hydrogens is 402 g/mol. The topological polar surface area (TPSA) is 44.7 Å². The number of phenols is 1. The fourth-order valence-electron chi connectivity index (χ4n) is 3.33. The highest BCUT2D eigenvalue weighted by Gasteiger charge is 2.34. The Kier molecular flexibility index (Phi) is 5.95. The molecular formula is C19H18F6N2O2. The second-order valence-electron chi connectivity index (χ2n) is 6.58. The van der Waals surface area contributed by atoms with Gasteiger partial charge in [0.25, 0.3) is 0 Å². The molecule has 0 radical (unpaired) electrons. The molecule has 158 valence electrons. The van der Waals surface area contributed by atoms with Gasteiger partial charge in [-0.15, -0.1) is 13.2 Å². The third-order valence-corrected chi connectivity index (χ3v) is 4.60. The van der Waals surface area contributed by atoms with Crippen molar-refractivity contribution in [2.45, 2.75) is 18.6 Å². The van der Waals surface area contributed by atoms with Crippen LogP contribution in [0.5, 0.6) is 11.5 Å². The van der Waals surface area contributed by atoms with Crippen LogP contribution in [0.3, 0.4) is 0 Å². The lowest BCUT2D eigenvalue weighted by Gasteiger charge is -2.36. The van der Waals surface area contributed by atoms with Crippen LogP contribution in [0.15, 0.2) is 42.5 Å². The lowest BCUT2D eigenvalue weighted by atomic mass is 9.94. The fourth-order valence-corrected chi connectivity index (χ4v) is 3.33. The Hall–Kier alpha value is -2.46. The summed E-state index contributed by atoms with van der Waals surface area (Å²) in [5.74, 6) is -0.759. The van der Waals surface area contributed by atoms with Crippen LogP contribution in [0, 0.1) is 0 Å². The van der Waals surface area contributed by atoms with E-state index in [4.69, 9.17) is 0 Å². The summed E-state index contributed by atoms with van der Waals surface area (Å²) in [6.07, 6.45) is -9.44. The van der Waals surface area contributed by atoms with Gasteiger partial charge in [-0.3, -0.25) is 4.90 Å². The number of nitrogens with one attached hydrogen (secondary N) is 1. The number of hydrogen-bond acceptors (Lipinski definition) is 4. The van der Waals surface area contributed by atoms with Gasteiger partial charge < -0.3 is 15.2 Å². The molecule has 2 N–H and O–H groups in total. The summed E-state index contributed by atoms with van der Waals surface area (Å²) in [7, 11) is 0. The largest absolute Gasteiger partial charge is 0.573 e. The van der Waals surface area contributed by atoms with Gasteiger partial charge in [-0.2, -0.15) is 13.2 Å². The van der Waals surface area contributed by atoms with Crippen molar-refractivity contribution in [3.05, 3.63) is 59.2 Å². The molecule has 0 aromatic heterocycles. The minimum atomic E-state index is -4.85. The van der Waals surface area contributed by atoms with Crippen molar-refractivity contribution >= 4 is 0 Å². The normalized spacial score (nSPS) is 17.2. The third kappa shape index (κ3) is 5.33. The predicted molar refractivity (Wildman–Crippen MR) is 92.5 cm³/mol. The van der Waals surface area contributed by atoms with Crippen molar-refractivity contribution in [2.75, 3.05) is 26.2 Å². The van der Waals surface area contributed by atoms with Gasteiger partial charge in [0.2, 0.25) is 0 Å². The van der Waals surface area contributed by atoms with Crippen molar-refractivity contribution in [1.82, 2.24) is 10.2 Å².